The molecule has 0 N–H and O–H groups in total. The van der Waals surface area contributed by atoms with E-state index in [1.807, 2.05) is 43.0 Å². The van der Waals surface area contributed by atoms with Crippen molar-refractivity contribution in [3.63, 3.8) is 0 Å². The maximum absolute atomic E-state index is 13.1. The van der Waals surface area contributed by atoms with E-state index >= 15 is 0 Å². The number of nitrogens with zero attached hydrogens (tertiary/aromatic N) is 4. The minimum absolute atomic E-state index is 0.113. The summed E-state index contributed by atoms with van der Waals surface area (Å²) in [6, 6.07) is 12.2. The lowest BCUT2D eigenvalue weighted by molar-refractivity contribution is 0.0761. The average Bonchev–Trinajstić information content (AvgIpc) is 3.13. The summed E-state index contributed by atoms with van der Waals surface area (Å²) in [4.78, 5) is 17.5. The molecule has 0 atom stereocenters. The molecule has 0 unspecified atom stereocenters. The van der Waals surface area contributed by atoms with Gasteiger partial charge < -0.3 is 14.0 Å². The van der Waals surface area contributed by atoms with Crippen LogP contribution in [0.3, 0.4) is 0 Å². The number of rotatable bonds is 4. The zero-order valence-corrected chi connectivity index (χ0v) is 18.3. The van der Waals surface area contributed by atoms with Crippen LogP contribution in [0, 0.1) is 27.7 Å². The molecule has 2 aromatic heterocycles. The molecule has 1 aromatic carbocycles. The zero-order chi connectivity index (χ0) is 21.3. The van der Waals surface area contributed by atoms with Crippen LogP contribution in [0.15, 0.2) is 40.9 Å². The van der Waals surface area contributed by atoms with Gasteiger partial charge in [0.05, 0.1) is 5.69 Å². The first-order valence-electron chi connectivity index (χ1n) is 10.6. The quantitative estimate of drug-likeness (QED) is 0.656. The molecule has 1 saturated heterocycles. The van der Waals surface area contributed by atoms with Gasteiger partial charge in [-0.25, -0.2) is 0 Å². The number of hydrogen-bond acceptors (Lipinski definition) is 4. The number of hydrogen-bond donors (Lipinski definition) is 0. The van der Waals surface area contributed by atoms with Gasteiger partial charge in [0.1, 0.15) is 5.76 Å². The maximum atomic E-state index is 13.1. The Kier molecular flexibility index (Phi) is 5.77. The predicted molar refractivity (Wildman–Crippen MR) is 117 cm³/mol. The summed E-state index contributed by atoms with van der Waals surface area (Å²) in [5.74, 6) is 1.000. The monoisotopic (exact) mass is 406 g/mol. The van der Waals surface area contributed by atoms with E-state index < -0.39 is 0 Å². The molecule has 0 saturated carbocycles. The third-order valence-electron chi connectivity index (χ3n) is 6.08. The molecule has 0 radical (unpaired) electrons. The van der Waals surface area contributed by atoms with Crippen LogP contribution in [0.4, 0.5) is 0 Å². The van der Waals surface area contributed by atoms with Crippen LogP contribution < -0.4 is 0 Å². The Labute approximate surface area is 178 Å². The van der Waals surface area contributed by atoms with Crippen molar-refractivity contribution in [1.29, 1.82) is 0 Å². The van der Waals surface area contributed by atoms with Crippen molar-refractivity contribution in [3.05, 3.63) is 70.4 Å². The molecule has 6 heteroatoms. The Morgan fingerprint density at radius 3 is 2.27 bits per heavy atom. The van der Waals surface area contributed by atoms with Gasteiger partial charge in [0, 0.05) is 60.9 Å². The molecule has 6 nitrogen and oxygen atoms in total. The molecule has 0 spiro atoms. The summed E-state index contributed by atoms with van der Waals surface area (Å²) in [6.07, 6.45) is 0.967. The molecule has 1 aliphatic heterocycles. The van der Waals surface area contributed by atoms with Crippen molar-refractivity contribution in [2.45, 2.75) is 40.7 Å². The molecule has 1 amide bonds. The molecule has 3 aromatic rings. The largest absolute Gasteiger partial charge is 0.361 e. The molecular weight excluding hydrogens is 376 g/mol. The lowest BCUT2D eigenvalue weighted by Gasteiger charge is -2.22. The fourth-order valence-electron chi connectivity index (χ4n) is 4.29. The first-order valence-corrected chi connectivity index (χ1v) is 10.6. The zero-order valence-electron chi connectivity index (χ0n) is 18.3. The van der Waals surface area contributed by atoms with E-state index in [2.05, 4.69) is 40.6 Å². The smallest absolute Gasteiger partial charge is 0.253 e. The van der Waals surface area contributed by atoms with Crippen LogP contribution in [-0.4, -0.2) is 51.6 Å². The summed E-state index contributed by atoms with van der Waals surface area (Å²) in [5.41, 5.74) is 6.35. The Morgan fingerprint density at radius 1 is 0.933 bits per heavy atom. The highest BCUT2D eigenvalue weighted by atomic mass is 16.5. The van der Waals surface area contributed by atoms with E-state index in [0.717, 1.165) is 61.8 Å². The fourth-order valence-corrected chi connectivity index (χ4v) is 4.29. The third-order valence-corrected chi connectivity index (χ3v) is 6.08. The molecule has 1 aliphatic rings. The third kappa shape index (κ3) is 4.05. The number of carbonyl (C=O) groups excluding carboxylic acids is 1. The fraction of sp³-hybridized carbons (Fsp3) is 0.417. The normalized spacial score (nSPS) is 15.4. The lowest BCUT2D eigenvalue weighted by atomic mass is 10.1. The number of benzene rings is 1. The average molecular weight is 407 g/mol. The van der Waals surface area contributed by atoms with E-state index in [0.29, 0.717) is 0 Å². The molecular formula is C24H30N4O2. The number of amides is 1. The second kappa shape index (κ2) is 8.48. The van der Waals surface area contributed by atoms with Crippen molar-refractivity contribution in [2.75, 3.05) is 26.2 Å². The summed E-state index contributed by atoms with van der Waals surface area (Å²) >= 11 is 0. The van der Waals surface area contributed by atoms with Crippen molar-refractivity contribution in [3.8, 4) is 5.69 Å². The molecule has 1 fully saturated rings. The minimum atomic E-state index is 0.113. The van der Waals surface area contributed by atoms with Gasteiger partial charge in [-0.05, 0) is 70.5 Å². The first kappa shape index (κ1) is 20.4. The maximum Gasteiger partial charge on any atom is 0.253 e. The minimum Gasteiger partial charge on any atom is -0.361 e. The van der Waals surface area contributed by atoms with E-state index in [1.54, 1.807) is 0 Å². The van der Waals surface area contributed by atoms with Gasteiger partial charge in [-0.15, -0.1) is 0 Å². The van der Waals surface area contributed by atoms with E-state index in [9.17, 15) is 4.79 Å². The van der Waals surface area contributed by atoms with Gasteiger partial charge in [0.25, 0.3) is 5.91 Å². The van der Waals surface area contributed by atoms with Gasteiger partial charge in [-0.2, -0.15) is 0 Å². The van der Waals surface area contributed by atoms with Gasteiger partial charge in [0.15, 0.2) is 0 Å². The van der Waals surface area contributed by atoms with Crippen LogP contribution in [0.1, 0.15) is 45.2 Å². The number of aromatic nitrogens is 2. The van der Waals surface area contributed by atoms with Crippen LogP contribution >= 0.6 is 0 Å². The highest BCUT2D eigenvalue weighted by Gasteiger charge is 2.22. The first-order chi connectivity index (χ1) is 14.4. The lowest BCUT2D eigenvalue weighted by Crippen LogP contribution is -2.35. The Morgan fingerprint density at radius 2 is 1.63 bits per heavy atom. The summed E-state index contributed by atoms with van der Waals surface area (Å²) in [5, 5.41) is 4.06. The van der Waals surface area contributed by atoms with Gasteiger partial charge >= 0.3 is 0 Å². The van der Waals surface area contributed by atoms with E-state index in [4.69, 9.17) is 4.52 Å². The molecule has 158 valence electrons. The van der Waals surface area contributed by atoms with E-state index in [-0.39, 0.29) is 5.91 Å². The predicted octanol–water partition coefficient (Wildman–Crippen LogP) is 4.05. The number of aryl methyl sites for hydroxylation is 4. The molecule has 30 heavy (non-hydrogen) atoms. The van der Waals surface area contributed by atoms with Crippen LogP contribution in [-0.2, 0) is 6.54 Å². The highest BCUT2D eigenvalue weighted by molar-refractivity contribution is 5.94. The molecule has 0 aliphatic carbocycles. The SMILES string of the molecule is Cc1noc(C)c1CN1CCCN(C(=O)c2ccc(-n3c(C)ccc3C)cc2)CC1. The number of carbonyl (C=O) groups is 1. The standard InChI is InChI=1S/C24H30N4O2/c1-17-6-7-18(2)28(17)22-10-8-21(9-11-22)24(29)27-13-5-12-26(14-15-27)16-23-19(3)25-30-20(23)4/h6-11H,5,12-16H2,1-4H3. The summed E-state index contributed by atoms with van der Waals surface area (Å²) in [6.45, 7) is 12.3. The van der Waals surface area contributed by atoms with Crippen LogP contribution in [0.5, 0.6) is 0 Å². The highest BCUT2D eigenvalue weighted by Crippen LogP contribution is 2.19. The van der Waals surface area contributed by atoms with Crippen molar-refractivity contribution in [1.82, 2.24) is 19.5 Å². The Bertz CT molecular complexity index is 993. The van der Waals surface area contributed by atoms with Crippen molar-refractivity contribution in [2.24, 2.45) is 0 Å². The molecule has 0 bridgehead atoms. The molecule has 4 rings (SSSR count). The second-order valence-corrected chi connectivity index (χ2v) is 8.22. The van der Waals surface area contributed by atoms with Crippen molar-refractivity contribution < 1.29 is 9.32 Å². The molecule has 3 heterocycles. The van der Waals surface area contributed by atoms with E-state index in [1.165, 1.54) is 17.0 Å². The Hall–Kier alpha value is -2.86. The van der Waals surface area contributed by atoms with Gasteiger partial charge in [-0.3, -0.25) is 9.69 Å². The van der Waals surface area contributed by atoms with Crippen LogP contribution in [0.2, 0.25) is 0 Å². The second-order valence-electron chi connectivity index (χ2n) is 8.22. The topological polar surface area (TPSA) is 54.5 Å². The summed E-state index contributed by atoms with van der Waals surface area (Å²) in [7, 11) is 0. The van der Waals surface area contributed by atoms with Crippen molar-refractivity contribution >= 4 is 5.91 Å². The van der Waals surface area contributed by atoms with Crippen LogP contribution in [0.25, 0.3) is 5.69 Å². The Balaban J connectivity index is 1.41. The summed E-state index contributed by atoms with van der Waals surface area (Å²) < 4.78 is 7.49. The van der Waals surface area contributed by atoms with Gasteiger partial charge in [0.2, 0.25) is 0 Å². The van der Waals surface area contributed by atoms with Gasteiger partial charge in [-0.1, -0.05) is 5.16 Å².